The van der Waals surface area contributed by atoms with Gasteiger partial charge in [-0.05, 0) is 55.9 Å². The molecule has 0 radical (unpaired) electrons. The van der Waals surface area contributed by atoms with E-state index < -0.39 is 0 Å². The Balaban J connectivity index is 1.40. The molecule has 6 rings (SSSR count). The number of hydrogen-bond acceptors (Lipinski definition) is 4. The fraction of sp³-hybridized carbons (Fsp3) is 0.526. The van der Waals surface area contributed by atoms with E-state index in [-0.39, 0.29) is 41.4 Å². The van der Waals surface area contributed by atoms with Crippen molar-refractivity contribution in [1.29, 1.82) is 0 Å². The second-order valence-electron chi connectivity index (χ2n) is 7.55. The van der Waals surface area contributed by atoms with Gasteiger partial charge in [0, 0.05) is 10.3 Å². The molecule has 1 aromatic heterocycles. The molecule has 1 saturated carbocycles. The van der Waals surface area contributed by atoms with Gasteiger partial charge in [0.25, 0.3) is 17.7 Å². The zero-order valence-electron chi connectivity index (χ0n) is 13.9. The Kier molecular flexibility index (Phi) is 3.39. The lowest BCUT2D eigenvalue weighted by Gasteiger charge is -2.37. The molecule has 5 aliphatic rings. The molecule has 2 fully saturated rings. The van der Waals surface area contributed by atoms with Crippen molar-refractivity contribution in [2.24, 2.45) is 23.7 Å². The maximum atomic E-state index is 12.8. The van der Waals surface area contributed by atoms with Gasteiger partial charge in [-0.3, -0.25) is 19.8 Å². The molecule has 5 nitrogen and oxygen atoms in total. The van der Waals surface area contributed by atoms with Crippen molar-refractivity contribution in [3.05, 3.63) is 33.5 Å². The summed E-state index contributed by atoms with van der Waals surface area (Å²) in [6.45, 7) is 0. The summed E-state index contributed by atoms with van der Waals surface area (Å²) in [5.41, 5.74) is 4.37. The van der Waals surface area contributed by atoms with Gasteiger partial charge < -0.3 is 0 Å². The minimum Gasteiger partial charge on any atom is -0.272 e. The number of hydrazine groups is 1. The molecule has 1 aliphatic heterocycles. The molecule has 3 amide bonds. The van der Waals surface area contributed by atoms with E-state index in [4.69, 9.17) is 0 Å². The number of carbonyl (C=O) groups excluding carboxylic acids is 3. The molecule has 2 heterocycles. The van der Waals surface area contributed by atoms with Crippen LogP contribution in [0.15, 0.2) is 17.5 Å². The Hall–Kier alpha value is -1.95. The maximum absolute atomic E-state index is 12.8. The second kappa shape index (κ2) is 5.53. The van der Waals surface area contributed by atoms with Crippen LogP contribution in [0.3, 0.4) is 0 Å². The van der Waals surface area contributed by atoms with Crippen LogP contribution in [-0.2, 0) is 22.4 Å². The van der Waals surface area contributed by atoms with Gasteiger partial charge in [0.1, 0.15) is 0 Å². The van der Waals surface area contributed by atoms with Gasteiger partial charge in [0.2, 0.25) is 0 Å². The first-order valence-corrected chi connectivity index (χ1v) is 9.99. The molecule has 25 heavy (non-hydrogen) atoms. The Morgan fingerprint density at radius 2 is 1.68 bits per heavy atom. The molecule has 1 aromatic rings. The van der Waals surface area contributed by atoms with E-state index in [1.807, 2.05) is 5.38 Å². The third-order valence-electron chi connectivity index (χ3n) is 6.28. The maximum Gasteiger partial charge on any atom is 0.271 e. The summed E-state index contributed by atoms with van der Waals surface area (Å²) in [6, 6.07) is 0. The normalized spacial score (nSPS) is 32.7. The van der Waals surface area contributed by atoms with Crippen molar-refractivity contribution in [3.8, 4) is 0 Å². The van der Waals surface area contributed by atoms with Crippen LogP contribution in [0.4, 0.5) is 0 Å². The molecule has 0 unspecified atom stereocenters. The Morgan fingerprint density at radius 3 is 2.32 bits per heavy atom. The van der Waals surface area contributed by atoms with Crippen LogP contribution in [0.25, 0.3) is 0 Å². The lowest BCUT2D eigenvalue weighted by atomic mass is 9.63. The van der Waals surface area contributed by atoms with E-state index in [1.165, 1.54) is 4.88 Å². The summed E-state index contributed by atoms with van der Waals surface area (Å²) >= 11 is 1.61. The molecule has 1 N–H and O–H groups in total. The second-order valence-corrected chi connectivity index (χ2v) is 8.52. The molecular weight excluding hydrogens is 336 g/mol. The SMILES string of the molecule is O=C(NN1C(=O)[C@@H]2[C@H](C1=O)[C@@H]1C=C[C@@H]2CC1)c1csc2c1CCCC2. The summed E-state index contributed by atoms with van der Waals surface area (Å²) in [7, 11) is 0. The van der Waals surface area contributed by atoms with Crippen molar-refractivity contribution in [2.45, 2.75) is 38.5 Å². The molecule has 130 valence electrons. The quantitative estimate of drug-likeness (QED) is 0.654. The van der Waals surface area contributed by atoms with Crippen molar-refractivity contribution in [1.82, 2.24) is 10.4 Å². The van der Waals surface area contributed by atoms with Gasteiger partial charge in [0.15, 0.2) is 0 Å². The highest BCUT2D eigenvalue weighted by molar-refractivity contribution is 7.10. The summed E-state index contributed by atoms with van der Waals surface area (Å²) in [6.07, 6.45) is 10.3. The van der Waals surface area contributed by atoms with E-state index in [9.17, 15) is 14.4 Å². The van der Waals surface area contributed by atoms with Gasteiger partial charge in [-0.25, -0.2) is 0 Å². The Morgan fingerprint density at radius 1 is 1.04 bits per heavy atom. The zero-order chi connectivity index (χ0) is 17.1. The number of rotatable bonds is 2. The number of allylic oxidation sites excluding steroid dienone is 2. The lowest BCUT2D eigenvalue weighted by Crippen LogP contribution is -2.47. The third kappa shape index (κ3) is 2.16. The molecule has 0 aromatic carbocycles. The van der Waals surface area contributed by atoms with E-state index in [2.05, 4.69) is 17.6 Å². The average molecular weight is 356 g/mol. The smallest absolute Gasteiger partial charge is 0.271 e. The lowest BCUT2D eigenvalue weighted by molar-refractivity contribution is -0.143. The fourth-order valence-electron chi connectivity index (χ4n) is 5.03. The highest BCUT2D eigenvalue weighted by atomic mass is 32.1. The van der Waals surface area contributed by atoms with Crippen molar-refractivity contribution in [2.75, 3.05) is 0 Å². The molecule has 4 aliphatic carbocycles. The third-order valence-corrected chi connectivity index (χ3v) is 7.37. The number of nitrogens with zero attached hydrogens (tertiary/aromatic N) is 1. The molecule has 6 heteroatoms. The number of imide groups is 1. The standard InChI is InChI=1S/C19H20N2O3S/c22-17(13-9-25-14-4-2-1-3-12(13)14)20-21-18(23)15-10-5-6-11(8-7-10)16(15)19(21)24/h5-6,9-11,15-16H,1-4,7-8H2,(H,20,22)/t10-,11-,15-,16+/m1/s1. The van der Waals surface area contributed by atoms with E-state index in [1.54, 1.807) is 11.3 Å². The minimum absolute atomic E-state index is 0.141. The van der Waals surface area contributed by atoms with Crippen LogP contribution in [0, 0.1) is 23.7 Å². The summed E-state index contributed by atoms with van der Waals surface area (Å²) < 4.78 is 0. The highest BCUT2D eigenvalue weighted by Gasteiger charge is 2.57. The van der Waals surface area contributed by atoms with Gasteiger partial charge in [-0.1, -0.05) is 12.2 Å². The number of nitrogens with one attached hydrogen (secondary N) is 1. The number of fused-ring (bicyclic) bond motifs is 2. The predicted molar refractivity (Wildman–Crippen MR) is 92.6 cm³/mol. The van der Waals surface area contributed by atoms with Crippen LogP contribution < -0.4 is 5.43 Å². The molecule has 1 saturated heterocycles. The van der Waals surface area contributed by atoms with Gasteiger partial charge in [-0.15, -0.1) is 11.3 Å². The number of hydrogen-bond donors (Lipinski definition) is 1. The molecule has 0 spiro atoms. The van der Waals surface area contributed by atoms with Crippen LogP contribution in [0.1, 0.15) is 46.5 Å². The van der Waals surface area contributed by atoms with Gasteiger partial charge in [0.05, 0.1) is 17.4 Å². The van der Waals surface area contributed by atoms with Gasteiger partial charge >= 0.3 is 0 Å². The summed E-state index contributed by atoms with van der Waals surface area (Å²) in [5.74, 6) is -1.07. The zero-order valence-corrected chi connectivity index (χ0v) is 14.7. The average Bonchev–Trinajstić information content (AvgIpc) is 3.19. The van der Waals surface area contributed by atoms with E-state index >= 15 is 0 Å². The Bertz CT molecular complexity index is 780. The number of thiophene rings is 1. The molecule has 2 bridgehead atoms. The van der Waals surface area contributed by atoms with E-state index in [0.29, 0.717) is 5.56 Å². The number of carbonyl (C=O) groups is 3. The first kappa shape index (κ1) is 15.3. The summed E-state index contributed by atoms with van der Waals surface area (Å²) in [5, 5.41) is 2.89. The largest absolute Gasteiger partial charge is 0.272 e. The van der Waals surface area contributed by atoms with Crippen LogP contribution in [-0.4, -0.2) is 22.7 Å². The molecule has 4 atom stereocenters. The Labute approximate surface area is 150 Å². The van der Waals surface area contributed by atoms with Crippen molar-refractivity contribution < 1.29 is 14.4 Å². The summed E-state index contributed by atoms with van der Waals surface area (Å²) in [4.78, 5) is 39.6. The number of aryl methyl sites for hydroxylation is 1. The first-order chi connectivity index (χ1) is 12.1. The van der Waals surface area contributed by atoms with Crippen LogP contribution >= 0.6 is 11.3 Å². The highest BCUT2D eigenvalue weighted by Crippen LogP contribution is 2.49. The van der Waals surface area contributed by atoms with Crippen LogP contribution in [0.5, 0.6) is 0 Å². The van der Waals surface area contributed by atoms with Crippen molar-refractivity contribution in [3.63, 3.8) is 0 Å². The first-order valence-electron chi connectivity index (χ1n) is 9.11. The van der Waals surface area contributed by atoms with Crippen molar-refractivity contribution >= 4 is 29.1 Å². The monoisotopic (exact) mass is 356 g/mol. The predicted octanol–water partition coefficient (Wildman–Crippen LogP) is 2.47. The fourth-order valence-corrected chi connectivity index (χ4v) is 6.16. The number of amides is 3. The van der Waals surface area contributed by atoms with E-state index in [0.717, 1.165) is 49.1 Å². The van der Waals surface area contributed by atoms with Gasteiger partial charge in [-0.2, -0.15) is 5.01 Å². The molecular formula is C19H20N2O3S. The minimum atomic E-state index is -0.319. The van der Waals surface area contributed by atoms with Crippen LogP contribution in [0.2, 0.25) is 0 Å². The topological polar surface area (TPSA) is 66.5 Å².